The summed E-state index contributed by atoms with van der Waals surface area (Å²) in [5, 5.41) is 9.00. The highest BCUT2D eigenvalue weighted by Gasteiger charge is 2.00. The SMILES string of the molecule is CCCCOCCOCC(O)CCl. The average Bonchev–Trinajstić information content (AvgIpc) is 2.16. The molecule has 13 heavy (non-hydrogen) atoms. The first-order valence-electron chi connectivity index (χ1n) is 4.70. The quantitative estimate of drug-likeness (QED) is 0.462. The van der Waals surface area contributed by atoms with Crippen molar-refractivity contribution in [1.82, 2.24) is 0 Å². The first-order valence-corrected chi connectivity index (χ1v) is 5.24. The molecule has 4 heteroatoms. The maximum atomic E-state index is 9.00. The molecule has 0 saturated heterocycles. The van der Waals surface area contributed by atoms with Crippen LogP contribution in [-0.4, -0.2) is 43.5 Å². The first kappa shape index (κ1) is 13.2. The molecule has 1 N–H and O–H groups in total. The van der Waals surface area contributed by atoms with Gasteiger partial charge >= 0.3 is 0 Å². The van der Waals surface area contributed by atoms with Crippen molar-refractivity contribution in [3.8, 4) is 0 Å². The van der Waals surface area contributed by atoms with Gasteiger partial charge in [0.05, 0.1) is 31.8 Å². The summed E-state index contributed by atoms with van der Waals surface area (Å²) in [6, 6.07) is 0. The Morgan fingerprint density at radius 1 is 1.23 bits per heavy atom. The van der Waals surface area contributed by atoms with Gasteiger partial charge in [-0.2, -0.15) is 0 Å². The summed E-state index contributed by atoms with van der Waals surface area (Å²) in [6.45, 7) is 4.32. The molecule has 0 radical (unpaired) electrons. The van der Waals surface area contributed by atoms with Gasteiger partial charge in [-0.05, 0) is 6.42 Å². The number of hydrogen-bond acceptors (Lipinski definition) is 3. The maximum absolute atomic E-state index is 9.00. The minimum atomic E-state index is -0.558. The van der Waals surface area contributed by atoms with E-state index in [9.17, 15) is 0 Å². The molecule has 1 atom stereocenters. The molecule has 3 nitrogen and oxygen atoms in total. The third-order valence-corrected chi connectivity index (χ3v) is 1.86. The molecular weight excluding hydrogens is 192 g/mol. The van der Waals surface area contributed by atoms with E-state index in [4.69, 9.17) is 26.2 Å². The smallest absolute Gasteiger partial charge is 0.0908 e. The Balaban J connectivity index is 2.91. The highest BCUT2D eigenvalue weighted by Crippen LogP contribution is 1.90. The monoisotopic (exact) mass is 210 g/mol. The molecule has 1 unspecified atom stereocenters. The molecule has 0 aliphatic rings. The highest BCUT2D eigenvalue weighted by molar-refractivity contribution is 6.18. The third kappa shape index (κ3) is 10.1. The Bertz CT molecular complexity index is 101. The number of rotatable bonds is 9. The Hall–Kier alpha value is 0.170. The molecular formula is C9H19ClO3. The van der Waals surface area contributed by atoms with E-state index in [-0.39, 0.29) is 5.88 Å². The summed E-state index contributed by atoms with van der Waals surface area (Å²) >= 11 is 5.37. The zero-order valence-corrected chi connectivity index (χ0v) is 8.92. The van der Waals surface area contributed by atoms with E-state index in [1.165, 1.54) is 0 Å². The number of unbranched alkanes of at least 4 members (excludes halogenated alkanes) is 1. The molecule has 0 amide bonds. The maximum Gasteiger partial charge on any atom is 0.0908 e. The molecule has 0 bridgehead atoms. The normalized spacial score (nSPS) is 13.2. The van der Waals surface area contributed by atoms with Crippen molar-refractivity contribution in [2.75, 3.05) is 32.3 Å². The van der Waals surface area contributed by atoms with E-state index in [0.29, 0.717) is 19.8 Å². The van der Waals surface area contributed by atoms with Crippen LogP contribution in [0.1, 0.15) is 19.8 Å². The van der Waals surface area contributed by atoms with Gasteiger partial charge in [-0.3, -0.25) is 0 Å². The average molecular weight is 211 g/mol. The molecule has 0 saturated carbocycles. The Morgan fingerprint density at radius 2 is 1.92 bits per heavy atom. The summed E-state index contributed by atoms with van der Waals surface area (Å²) in [6.07, 6.45) is 1.67. The Labute approximate surface area is 85.0 Å². The molecule has 0 aromatic rings. The van der Waals surface area contributed by atoms with Crippen molar-refractivity contribution in [2.45, 2.75) is 25.9 Å². The van der Waals surface area contributed by atoms with Gasteiger partial charge in [0.2, 0.25) is 0 Å². The van der Waals surface area contributed by atoms with Crippen molar-refractivity contribution in [1.29, 1.82) is 0 Å². The Kier molecular flexibility index (Phi) is 10.4. The fourth-order valence-corrected chi connectivity index (χ4v) is 0.819. The molecule has 80 valence electrons. The van der Waals surface area contributed by atoms with Crippen LogP contribution in [0.4, 0.5) is 0 Å². The van der Waals surface area contributed by atoms with E-state index in [2.05, 4.69) is 6.92 Å². The van der Waals surface area contributed by atoms with E-state index in [1.54, 1.807) is 0 Å². The van der Waals surface area contributed by atoms with Gasteiger partial charge in [0.15, 0.2) is 0 Å². The first-order chi connectivity index (χ1) is 6.31. The lowest BCUT2D eigenvalue weighted by molar-refractivity contribution is 0.0101. The van der Waals surface area contributed by atoms with Crippen LogP contribution in [0.25, 0.3) is 0 Å². The van der Waals surface area contributed by atoms with E-state index in [1.807, 2.05) is 0 Å². The topological polar surface area (TPSA) is 38.7 Å². The predicted octanol–water partition coefficient (Wildman–Crippen LogP) is 1.42. The van der Waals surface area contributed by atoms with Crippen molar-refractivity contribution in [2.24, 2.45) is 0 Å². The van der Waals surface area contributed by atoms with Crippen molar-refractivity contribution in [3.63, 3.8) is 0 Å². The lowest BCUT2D eigenvalue weighted by Gasteiger charge is -2.08. The highest BCUT2D eigenvalue weighted by atomic mass is 35.5. The van der Waals surface area contributed by atoms with Crippen molar-refractivity contribution >= 4 is 11.6 Å². The van der Waals surface area contributed by atoms with Crippen LogP contribution >= 0.6 is 11.6 Å². The zero-order valence-electron chi connectivity index (χ0n) is 8.17. The second-order valence-corrected chi connectivity index (χ2v) is 3.16. The molecule has 0 spiro atoms. The zero-order chi connectivity index (χ0) is 9.94. The number of aliphatic hydroxyl groups excluding tert-OH is 1. The molecule has 0 rings (SSSR count). The Morgan fingerprint density at radius 3 is 2.54 bits per heavy atom. The second kappa shape index (κ2) is 10.3. The minimum Gasteiger partial charge on any atom is -0.389 e. The van der Waals surface area contributed by atoms with Crippen LogP contribution in [0.2, 0.25) is 0 Å². The van der Waals surface area contributed by atoms with Crippen LogP contribution in [-0.2, 0) is 9.47 Å². The molecule has 0 aliphatic heterocycles. The van der Waals surface area contributed by atoms with E-state index < -0.39 is 6.10 Å². The van der Waals surface area contributed by atoms with Gasteiger partial charge < -0.3 is 14.6 Å². The van der Waals surface area contributed by atoms with Crippen molar-refractivity contribution < 1.29 is 14.6 Å². The standard InChI is InChI=1S/C9H19ClO3/c1-2-3-4-12-5-6-13-8-9(11)7-10/h9,11H,2-8H2,1H3. The van der Waals surface area contributed by atoms with Crippen LogP contribution in [0.15, 0.2) is 0 Å². The van der Waals surface area contributed by atoms with Gasteiger partial charge in [0, 0.05) is 6.61 Å². The van der Waals surface area contributed by atoms with Crippen LogP contribution in [0.5, 0.6) is 0 Å². The number of alkyl halides is 1. The van der Waals surface area contributed by atoms with Gasteiger partial charge in [0.25, 0.3) is 0 Å². The lowest BCUT2D eigenvalue weighted by atomic mass is 10.4. The van der Waals surface area contributed by atoms with E-state index >= 15 is 0 Å². The van der Waals surface area contributed by atoms with Gasteiger partial charge in [0.1, 0.15) is 0 Å². The summed E-state index contributed by atoms with van der Waals surface area (Å²) in [7, 11) is 0. The summed E-state index contributed by atoms with van der Waals surface area (Å²) in [4.78, 5) is 0. The number of ether oxygens (including phenoxy) is 2. The minimum absolute atomic E-state index is 0.219. The van der Waals surface area contributed by atoms with Gasteiger partial charge in [-0.25, -0.2) is 0 Å². The molecule has 0 aromatic heterocycles. The molecule has 0 fully saturated rings. The third-order valence-electron chi connectivity index (χ3n) is 1.50. The second-order valence-electron chi connectivity index (χ2n) is 2.85. The van der Waals surface area contributed by atoms with E-state index in [0.717, 1.165) is 19.4 Å². The summed E-state index contributed by atoms with van der Waals surface area (Å²) in [5.74, 6) is 0.219. The molecule has 0 heterocycles. The predicted molar refractivity (Wildman–Crippen MR) is 53.3 cm³/mol. The largest absolute Gasteiger partial charge is 0.389 e. The number of halogens is 1. The van der Waals surface area contributed by atoms with Crippen LogP contribution < -0.4 is 0 Å². The lowest BCUT2D eigenvalue weighted by Crippen LogP contribution is -2.18. The summed E-state index contributed by atoms with van der Waals surface area (Å²) in [5.41, 5.74) is 0. The fraction of sp³-hybridized carbons (Fsp3) is 1.00. The summed E-state index contributed by atoms with van der Waals surface area (Å²) < 4.78 is 10.4. The molecule has 0 aromatic carbocycles. The number of hydrogen-bond donors (Lipinski definition) is 1. The van der Waals surface area contributed by atoms with Crippen LogP contribution in [0.3, 0.4) is 0 Å². The van der Waals surface area contributed by atoms with Gasteiger partial charge in [-0.1, -0.05) is 13.3 Å². The molecule has 0 aliphatic carbocycles. The van der Waals surface area contributed by atoms with Crippen molar-refractivity contribution in [3.05, 3.63) is 0 Å². The van der Waals surface area contributed by atoms with Crippen LogP contribution in [0, 0.1) is 0 Å². The number of aliphatic hydroxyl groups is 1. The fourth-order valence-electron chi connectivity index (χ4n) is 0.730. The van der Waals surface area contributed by atoms with Gasteiger partial charge in [-0.15, -0.1) is 11.6 Å².